The number of hydrogen-bond donors (Lipinski definition) is 0. The number of thiazole rings is 1. The monoisotopic (exact) mass is 298 g/mol. The highest BCUT2D eigenvalue weighted by Crippen LogP contribution is 2.34. The van der Waals surface area contributed by atoms with Crippen LogP contribution >= 0.6 is 11.3 Å². The van der Waals surface area contributed by atoms with E-state index < -0.39 is 0 Å². The Morgan fingerprint density at radius 2 is 1.80 bits per heavy atom. The third-order valence-corrected chi connectivity index (χ3v) is 4.85. The Morgan fingerprint density at radius 1 is 1.15 bits per heavy atom. The van der Waals surface area contributed by atoms with Crippen molar-refractivity contribution in [3.8, 4) is 0 Å². The van der Waals surface area contributed by atoms with Crippen LogP contribution in [0, 0.1) is 0 Å². The van der Waals surface area contributed by atoms with Crippen LogP contribution in [0.1, 0.15) is 43.7 Å². The van der Waals surface area contributed by atoms with Crippen molar-refractivity contribution in [2.75, 3.05) is 45.4 Å². The maximum Gasteiger partial charge on any atom is 0.185 e. The number of aromatic nitrogens is 1. The molecule has 1 saturated carbocycles. The van der Waals surface area contributed by atoms with E-state index in [1.165, 1.54) is 37.8 Å². The zero-order chi connectivity index (χ0) is 14.2. The van der Waals surface area contributed by atoms with Gasteiger partial charge in [-0.2, -0.15) is 0 Å². The summed E-state index contributed by atoms with van der Waals surface area (Å²) < 4.78 is 10.4. The molecule has 0 unspecified atom stereocenters. The van der Waals surface area contributed by atoms with Crippen molar-refractivity contribution >= 4 is 16.5 Å². The molecule has 0 aromatic carbocycles. The van der Waals surface area contributed by atoms with Crippen molar-refractivity contribution in [3.05, 3.63) is 11.1 Å². The van der Waals surface area contributed by atoms with E-state index in [2.05, 4.69) is 10.3 Å². The SMILES string of the molecule is COCCN(CCOC)c1nc(C2CCCCC2)cs1. The Hall–Kier alpha value is -0.650. The third kappa shape index (κ3) is 4.43. The molecule has 2 rings (SSSR count). The van der Waals surface area contributed by atoms with Crippen molar-refractivity contribution in [3.63, 3.8) is 0 Å². The van der Waals surface area contributed by atoms with Gasteiger partial charge in [0.15, 0.2) is 5.13 Å². The van der Waals surface area contributed by atoms with Crippen LogP contribution in [-0.2, 0) is 9.47 Å². The van der Waals surface area contributed by atoms with Gasteiger partial charge in [0.2, 0.25) is 0 Å². The highest BCUT2D eigenvalue weighted by Gasteiger charge is 2.19. The van der Waals surface area contributed by atoms with Crippen LogP contribution in [0.15, 0.2) is 5.38 Å². The van der Waals surface area contributed by atoms with Crippen LogP contribution in [-0.4, -0.2) is 45.5 Å². The second kappa shape index (κ2) is 8.60. The average molecular weight is 298 g/mol. The highest BCUT2D eigenvalue weighted by molar-refractivity contribution is 7.13. The first-order valence-electron chi connectivity index (χ1n) is 7.53. The molecule has 0 N–H and O–H groups in total. The molecule has 0 bridgehead atoms. The number of ether oxygens (including phenoxy) is 2. The molecule has 0 atom stereocenters. The minimum Gasteiger partial charge on any atom is -0.383 e. The maximum absolute atomic E-state index is 5.19. The Balaban J connectivity index is 1.98. The van der Waals surface area contributed by atoms with E-state index in [0.29, 0.717) is 5.92 Å². The first-order chi connectivity index (χ1) is 9.85. The van der Waals surface area contributed by atoms with Crippen molar-refractivity contribution < 1.29 is 9.47 Å². The molecule has 1 heterocycles. The summed E-state index contributed by atoms with van der Waals surface area (Å²) in [5.41, 5.74) is 1.30. The standard InChI is InChI=1S/C15H26N2O2S/c1-18-10-8-17(9-11-19-2)15-16-14(12-20-15)13-6-4-3-5-7-13/h12-13H,3-11H2,1-2H3. The lowest BCUT2D eigenvalue weighted by Crippen LogP contribution is -2.30. The van der Waals surface area contributed by atoms with Crippen molar-refractivity contribution in [2.24, 2.45) is 0 Å². The van der Waals surface area contributed by atoms with Crippen molar-refractivity contribution in [1.29, 1.82) is 0 Å². The maximum atomic E-state index is 5.19. The number of methoxy groups -OCH3 is 2. The van der Waals surface area contributed by atoms with Crippen LogP contribution in [0.25, 0.3) is 0 Å². The Labute approximate surface area is 126 Å². The molecular formula is C15H26N2O2S. The van der Waals surface area contributed by atoms with Gasteiger partial charge in [-0.1, -0.05) is 19.3 Å². The predicted molar refractivity (Wildman–Crippen MR) is 83.9 cm³/mol. The van der Waals surface area contributed by atoms with Crippen LogP contribution in [0.4, 0.5) is 5.13 Å². The number of anilines is 1. The van der Waals surface area contributed by atoms with Gasteiger partial charge >= 0.3 is 0 Å². The highest BCUT2D eigenvalue weighted by atomic mass is 32.1. The van der Waals surface area contributed by atoms with Crippen LogP contribution in [0.5, 0.6) is 0 Å². The smallest absolute Gasteiger partial charge is 0.185 e. The summed E-state index contributed by atoms with van der Waals surface area (Å²) in [6.07, 6.45) is 6.71. The summed E-state index contributed by atoms with van der Waals surface area (Å²) in [6.45, 7) is 3.19. The molecule has 0 radical (unpaired) electrons. The normalized spacial score (nSPS) is 16.5. The first-order valence-corrected chi connectivity index (χ1v) is 8.41. The van der Waals surface area contributed by atoms with Crippen LogP contribution in [0.2, 0.25) is 0 Å². The largest absolute Gasteiger partial charge is 0.383 e. The minimum absolute atomic E-state index is 0.681. The topological polar surface area (TPSA) is 34.6 Å². The molecule has 0 spiro atoms. The molecule has 0 saturated heterocycles. The molecule has 1 aromatic rings. The minimum atomic E-state index is 0.681. The van der Waals surface area contributed by atoms with Gasteiger partial charge in [0, 0.05) is 38.6 Å². The first kappa shape index (κ1) is 15.7. The lowest BCUT2D eigenvalue weighted by atomic mass is 9.87. The summed E-state index contributed by atoms with van der Waals surface area (Å²) in [4.78, 5) is 7.14. The molecule has 1 aromatic heterocycles. The zero-order valence-corrected chi connectivity index (χ0v) is 13.5. The molecule has 114 valence electrons. The summed E-state index contributed by atoms with van der Waals surface area (Å²) in [7, 11) is 3.48. The van der Waals surface area contributed by atoms with E-state index >= 15 is 0 Å². The van der Waals surface area contributed by atoms with Crippen LogP contribution in [0.3, 0.4) is 0 Å². The fraction of sp³-hybridized carbons (Fsp3) is 0.800. The molecule has 0 aliphatic heterocycles. The summed E-state index contributed by atoms with van der Waals surface area (Å²) in [5.74, 6) is 0.681. The van der Waals surface area contributed by atoms with E-state index in [-0.39, 0.29) is 0 Å². The van der Waals surface area contributed by atoms with Gasteiger partial charge in [-0.15, -0.1) is 11.3 Å². The van der Waals surface area contributed by atoms with Gasteiger partial charge < -0.3 is 14.4 Å². The van der Waals surface area contributed by atoms with Gasteiger partial charge in [-0.05, 0) is 12.8 Å². The predicted octanol–water partition coefficient (Wildman–Crippen LogP) is 3.29. The van der Waals surface area contributed by atoms with E-state index in [9.17, 15) is 0 Å². The van der Waals surface area contributed by atoms with Crippen molar-refractivity contribution in [2.45, 2.75) is 38.0 Å². The van der Waals surface area contributed by atoms with Crippen LogP contribution < -0.4 is 4.90 Å². The fourth-order valence-electron chi connectivity index (χ4n) is 2.71. The Bertz CT molecular complexity index is 370. The third-order valence-electron chi connectivity index (χ3n) is 3.93. The second-order valence-corrected chi connectivity index (χ2v) is 6.20. The molecular weight excluding hydrogens is 272 g/mol. The number of rotatable bonds is 8. The van der Waals surface area contributed by atoms with E-state index in [1.54, 1.807) is 25.6 Å². The summed E-state index contributed by atoms with van der Waals surface area (Å²) in [5, 5.41) is 3.36. The molecule has 1 aliphatic rings. The van der Waals surface area contributed by atoms with E-state index in [0.717, 1.165) is 31.4 Å². The quantitative estimate of drug-likeness (QED) is 0.737. The Morgan fingerprint density at radius 3 is 2.40 bits per heavy atom. The van der Waals surface area contributed by atoms with E-state index in [4.69, 9.17) is 14.5 Å². The Kier molecular flexibility index (Phi) is 6.76. The van der Waals surface area contributed by atoms with Gasteiger partial charge in [0.25, 0.3) is 0 Å². The molecule has 4 nitrogen and oxygen atoms in total. The number of nitrogens with zero attached hydrogens (tertiary/aromatic N) is 2. The van der Waals surface area contributed by atoms with Gasteiger partial charge in [0.05, 0.1) is 18.9 Å². The van der Waals surface area contributed by atoms with E-state index in [1.807, 2.05) is 0 Å². The van der Waals surface area contributed by atoms with Crippen molar-refractivity contribution in [1.82, 2.24) is 4.98 Å². The van der Waals surface area contributed by atoms with Gasteiger partial charge in [-0.25, -0.2) is 4.98 Å². The molecule has 1 fully saturated rings. The zero-order valence-electron chi connectivity index (χ0n) is 12.6. The van der Waals surface area contributed by atoms with Gasteiger partial charge in [0.1, 0.15) is 0 Å². The number of hydrogen-bond acceptors (Lipinski definition) is 5. The fourth-order valence-corrected chi connectivity index (χ4v) is 3.67. The summed E-state index contributed by atoms with van der Waals surface area (Å²) >= 11 is 1.76. The molecule has 0 amide bonds. The second-order valence-electron chi connectivity index (χ2n) is 5.36. The lowest BCUT2D eigenvalue weighted by molar-refractivity contribution is 0.190. The summed E-state index contributed by atoms with van der Waals surface area (Å²) in [6, 6.07) is 0. The molecule has 20 heavy (non-hydrogen) atoms. The molecule has 5 heteroatoms. The average Bonchev–Trinajstić information content (AvgIpc) is 2.98. The lowest BCUT2D eigenvalue weighted by Gasteiger charge is -2.22. The van der Waals surface area contributed by atoms with Gasteiger partial charge in [-0.3, -0.25) is 0 Å². The molecule has 1 aliphatic carbocycles.